The standard InChI is InChI=1S/C21H25N5O/c1-14(18-9-5-7-16-6-3-4-8-19(16)18)23-21(27)20-15(2)26(25-24-20)17-10-12-22-13-11-17/h3-9,14,17,22H,10-13H2,1-2H3,(H,23,27). The molecule has 0 radical (unpaired) electrons. The maximum Gasteiger partial charge on any atom is 0.274 e. The molecule has 1 atom stereocenters. The summed E-state index contributed by atoms with van der Waals surface area (Å²) in [5, 5.41) is 17.2. The maximum absolute atomic E-state index is 12.8. The van der Waals surface area contributed by atoms with Gasteiger partial charge in [-0.15, -0.1) is 5.10 Å². The number of nitrogens with one attached hydrogen (secondary N) is 2. The molecule has 6 heteroatoms. The molecule has 1 unspecified atom stereocenters. The Balaban J connectivity index is 1.54. The number of rotatable bonds is 4. The number of amides is 1. The number of benzene rings is 2. The lowest BCUT2D eigenvalue weighted by Crippen LogP contribution is -2.31. The number of fused-ring (bicyclic) bond motifs is 1. The van der Waals surface area contributed by atoms with Gasteiger partial charge >= 0.3 is 0 Å². The van der Waals surface area contributed by atoms with E-state index in [2.05, 4.69) is 45.2 Å². The summed E-state index contributed by atoms with van der Waals surface area (Å²) in [6, 6.07) is 14.6. The highest BCUT2D eigenvalue weighted by molar-refractivity contribution is 5.94. The topological polar surface area (TPSA) is 71.8 Å². The molecule has 2 aromatic carbocycles. The van der Waals surface area contributed by atoms with Gasteiger partial charge in [0.05, 0.1) is 17.8 Å². The van der Waals surface area contributed by atoms with Crippen LogP contribution in [0.25, 0.3) is 10.8 Å². The quantitative estimate of drug-likeness (QED) is 0.747. The second-order valence-electron chi connectivity index (χ2n) is 7.21. The van der Waals surface area contributed by atoms with Crippen LogP contribution in [-0.4, -0.2) is 34.0 Å². The molecule has 1 aromatic heterocycles. The summed E-state index contributed by atoms with van der Waals surface area (Å²) >= 11 is 0. The van der Waals surface area contributed by atoms with E-state index in [-0.39, 0.29) is 11.9 Å². The predicted octanol–water partition coefficient (Wildman–Crippen LogP) is 3.16. The van der Waals surface area contributed by atoms with Crippen LogP contribution >= 0.6 is 0 Å². The molecule has 3 aromatic rings. The van der Waals surface area contributed by atoms with Crippen LogP contribution in [0.2, 0.25) is 0 Å². The number of hydrogen-bond acceptors (Lipinski definition) is 4. The molecule has 1 aliphatic heterocycles. The summed E-state index contributed by atoms with van der Waals surface area (Å²) in [7, 11) is 0. The second-order valence-corrected chi connectivity index (χ2v) is 7.21. The number of carbonyl (C=O) groups excluding carboxylic acids is 1. The first-order chi connectivity index (χ1) is 13.1. The van der Waals surface area contributed by atoms with Crippen LogP contribution in [0, 0.1) is 6.92 Å². The van der Waals surface area contributed by atoms with Crippen LogP contribution in [0.15, 0.2) is 42.5 Å². The zero-order chi connectivity index (χ0) is 18.8. The Labute approximate surface area is 159 Å². The van der Waals surface area contributed by atoms with Crippen molar-refractivity contribution in [1.82, 2.24) is 25.6 Å². The monoisotopic (exact) mass is 363 g/mol. The van der Waals surface area contributed by atoms with Crippen molar-refractivity contribution in [2.75, 3.05) is 13.1 Å². The van der Waals surface area contributed by atoms with Gasteiger partial charge in [-0.25, -0.2) is 4.68 Å². The Morgan fingerprint density at radius 3 is 2.74 bits per heavy atom. The molecule has 140 valence electrons. The Hall–Kier alpha value is -2.73. The number of carbonyl (C=O) groups is 1. The number of hydrogen-bond donors (Lipinski definition) is 2. The number of nitrogens with zero attached hydrogens (tertiary/aromatic N) is 3. The lowest BCUT2D eigenvalue weighted by Gasteiger charge is -2.23. The van der Waals surface area contributed by atoms with Crippen molar-refractivity contribution in [1.29, 1.82) is 0 Å². The first kappa shape index (κ1) is 17.7. The summed E-state index contributed by atoms with van der Waals surface area (Å²) in [4.78, 5) is 12.8. The van der Waals surface area contributed by atoms with E-state index in [0.29, 0.717) is 11.7 Å². The van der Waals surface area contributed by atoms with Crippen LogP contribution < -0.4 is 10.6 Å². The summed E-state index contributed by atoms with van der Waals surface area (Å²) in [5.41, 5.74) is 2.36. The molecule has 1 amide bonds. The summed E-state index contributed by atoms with van der Waals surface area (Å²) in [6.45, 7) is 5.89. The first-order valence-electron chi connectivity index (χ1n) is 9.56. The van der Waals surface area contributed by atoms with Gasteiger partial charge < -0.3 is 10.6 Å². The van der Waals surface area contributed by atoms with E-state index in [4.69, 9.17) is 0 Å². The van der Waals surface area contributed by atoms with Crippen LogP contribution in [0.5, 0.6) is 0 Å². The third-order valence-corrected chi connectivity index (χ3v) is 5.43. The largest absolute Gasteiger partial charge is 0.344 e. The van der Waals surface area contributed by atoms with Gasteiger partial charge in [0.25, 0.3) is 5.91 Å². The lowest BCUT2D eigenvalue weighted by atomic mass is 9.99. The SMILES string of the molecule is Cc1c(C(=O)NC(C)c2cccc3ccccc23)nnn1C1CCNCC1. The molecule has 1 aliphatic rings. The van der Waals surface area contributed by atoms with E-state index in [9.17, 15) is 4.79 Å². The highest BCUT2D eigenvalue weighted by Crippen LogP contribution is 2.25. The van der Waals surface area contributed by atoms with Crippen LogP contribution in [0.1, 0.15) is 53.6 Å². The van der Waals surface area contributed by atoms with Crippen molar-refractivity contribution in [3.63, 3.8) is 0 Å². The predicted molar refractivity (Wildman–Crippen MR) is 106 cm³/mol. The van der Waals surface area contributed by atoms with Gasteiger partial charge in [-0.3, -0.25) is 4.79 Å². The van der Waals surface area contributed by atoms with Gasteiger partial charge in [0.1, 0.15) is 0 Å². The summed E-state index contributed by atoms with van der Waals surface area (Å²) in [6.07, 6.45) is 2.02. The van der Waals surface area contributed by atoms with Gasteiger partial charge in [-0.1, -0.05) is 47.7 Å². The van der Waals surface area contributed by atoms with E-state index in [1.165, 1.54) is 5.39 Å². The minimum absolute atomic E-state index is 0.118. The molecule has 0 bridgehead atoms. The minimum Gasteiger partial charge on any atom is -0.344 e. The van der Waals surface area contributed by atoms with Crippen molar-refractivity contribution < 1.29 is 4.79 Å². The van der Waals surface area contributed by atoms with Gasteiger partial charge in [0, 0.05) is 0 Å². The molecule has 0 spiro atoms. The molecule has 1 saturated heterocycles. The molecule has 6 nitrogen and oxygen atoms in total. The zero-order valence-electron chi connectivity index (χ0n) is 15.8. The van der Waals surface area contributed by atoms with Crippen molar-refractivity contribution in [2.24, 2.45) is 0 Å². The average Bonchev–Trinajstić information content (AvgIpc) is 3.09. The van der Waals surface area contributed by atoms with E-state index >= 15 is 0 Å². The van der Waals surface area contributed by atoms with Crippen molar-refractivity contribution in [2.45, 2.75) is 38.8 Å². The van der Waals surface area contributed by atoms with E-state index in [1.807, 2.05) is 36.7 Å². The average molecular weight is 363 g/mol. The maximum atomic E-state index is 12.8. The molecule has 2 N–H and O–H groups in total. The third-order valence-electron chi connectivity index (χ3n) is 5.43. The fourth-order valence-electron chi connectivity index (χ4n) is 3.92. The van der Waals surface area contributed by atoms with Crippen molar-refractivity contribution in [3.05, 3.63) is 59.4 Å². The van der Waals surface area contributed by atoms with E-state index < -0.39 is 0 Å². The summed E-state index contributed by atoms with van der Waals surface area (Å²) in [5.74, 6) is -0.173. The highest BCUT2D eigenvalue weighted by Gasteiger charge is 2.24. The van der Waals surface area contributed by atoms with Crippen LogP contribution in [0.4, 0.5) is 0 Å². The fraction of sp³-hybridized carbons (Fsp3) is 0.381. The third kappa shape index (κ3) is 3.45. The number of aromatic nitrogens is 3. The molecule has 1 fully saturated rings. The Bertz CT molecular complexity index is 953. The second kappa shape index (κ2) is 7.48. The van der Waals surface area contributed by atoms with E-state index in [1.54, 1.807) is 0 Å². The molecular formula is C21H25N5O. The van der Waals surface area contributed by atoms with Crippen molar-refractivity contribution in [3.8, 4) is 0 Å². The smallest absolute Gasteiger partial charge is 0.274 e. The van der Waals surface area contributed by atoms with Crippen LogP contribution in [-0.2, 0) is 0 Å². The zero-order valence-corrected chi connectivity index (χ0v) is 15.8. The molecule has 2 heterocycles. The van der Waals surface area contributed by atoms with Crippen LogP contribution in [0.3, 0.4) is 0 Å². The molecule has 27 heavy (non-hydrogen) atoms. The van der Waals surface area contributed by atoms with E-state index in [0.717, 1.165) is 42.6 Å². The Morgan fingerprint density at radius 1 is 1.19 bits per heavy atom. The lowest BCUT2D eigenvalue weighted by molar-refractivity contribution is 0.0934. The molecule has 0 saturated carbocycles. The fourth-order valence-corrected chi connectivity index (χ4v) is 3.92. The van der Waals surface area contributed by atoms with Gasteiger partial charge in [-0.05, 0) is 56.1 Å². The van der Waals surface area contributed by atoms with Gasteiger partial charge in [0.2, 0.25) is 0 Å². The first-order valence-corrected chi connectivity index (χ1v) is 9.56. The normalized spacial score (nSPS) is 16.4. The molecular weight excluding hydrogens is 338 g/mol. The number of piperidine rings is 1. The highest BCUT2D eigenvalue weighted by atomic mass is 16.2. The van der Waals surface area contributed by atoms with Crippen molar-refractivity contribution >= 4 is 16.7 Å². The van der Waals surface area contributed by atoms with Gasteiger partial charge in [-0.2, -0.15) is 0 Å². The minimum atomic E-state index is -0.173. The van der Waals surface area contributed by atoms with Gasteiger partial charge in [0.15, 0.2) is 5.69 Å². The molecule has 4 rings (SSSR count). The summed E-state index contributed by atoms with van der Waals surface area (Å²) < 4.78 is 1.92. The Kier molecular flexibility index (Phi) is 4.90. The molecule has 0 aliphatic carbocycles. The Morgan fingerprint density at radius 2 is 1.93 bits per heavy atom.